The van der Waals surface area contributed by atoms with Gasteiger partial charge in [-0.05, 0) is 0 Å². The van der Waals surface area contributed by atoms with E-state index in [-0.39, 0.29) is 18.9 Å². The molecule has 0 saturated carbocycles. The summed E-state index contributed by atoms with van der Waals surface area (Å²) in [5.74, 6) is 0. The van der Waals surface area contributed by atoms with Crippen LogP contribution in [-0.2, 0) is 0 Å². The fourth-order valence-corrected chi connectivity index (χ4v) is 0. The van der Waals surface area contributed by atoms with Gasteiger partial charge in [-0.15, -0.1) is 0 Å². The molecule has 2 heteroatoms. The number of hydrogen-bond donors (Lipinski definition) is 0. The molecule has 0 aromatic heterocycles. The SMILES string of the molecule is [CH3][SnH]([CH3])[CH3].[LiH]. The first-order valence-corrected chi connectivity index (χ1v) is 11.6. The van der Waals surface area contributed by atoms with Crippen LogP contribution in [0.2, 0.25) is 14.8 Å². The Morgan fingerprint density at radius 2 is 1.00 bits per heavy atom. The van der Waals surface area contributed by atoms with Crippen molar-refractivity contribution in [3.8, 4) is 0 Å². The van der Waals surface area contributed by atoms with E-state index in [1.807, 2.05) is 0 Å². The van der Waals surface area contributed by atoms with Gasteiger partial charge in [-0.3, -0.25) is 0 Å². The van der Waals surface area contributed by atoms with Gasteiger partial charge in [-0.1, -0.05) is 0 Å². The van der Waals surface area contributed by atoms with Crippen LogP contribution in [0.3, 0.4) is 0 Å². The van der Waals surface area contributed by atoms with Gasteiger partial charge in [0.05, 0.1) is 0 Å². The van der Waals surface area contributed by atoms with E-state index in [9.17, 15) is 0 Å². The van der Waals surface area contributed by atoms with Crippen molar-refractivity contribution in [3.05, 3.63) is 0 Å². The molecule has 0 N–H and O–H groups in total. The Bertz CT molecular complexity index is 11.6. The second-order valence-electron chi connectivity index (χ2n) is 1.73. The van der Waals surface area contributed by atoms with Crippen molar-refractivity contribution >= 4 is 38.6 Å². The zero-order valence-electron chi connectivity index (χ0n) is 3.58. The van der Waals surface area contributed by atoms with Crippen LogP contribution in [-0.4, -0.2) is 38.6 Å². The van der Waals surface area contributed by atoms with E-state index in [1.54, 1.807) is 0 Å². The maximum atomic E-state index is 2.38. The Morgan fingerprint density at radius 3 is 1.00 bits per heavy atom. The van der Waals surface area contributed by atoms with E-state index in [1.165, 1.54) is 0 Å². The maximum absolute atomic E-state index is 2.38. The van der Waals surface area contributed by atoms with Gasteiger partial charge < -0.3 is 0 Å². The van der Waals surface area contributed by atoms with Gasteiger partial charge in [0, 0.05) is 0 Å². The molecule has 0 rings (SSSR count). The second kappa shape index (κ2) is 5.40. The number of rotatable bonds is 0. The third kappa shape index (κ3) is 31.9. The minimum atomic E-state index is -0.637. The summed E-state index contributed by atoms with van der Waals surface area (Å²) >= 11 is -0.637. The molecule has 0 heterocycles. The Balaban J connectivity index is 0. The summed E-state index contributed by atoms with van der Waals surface area (Å²) in [6.07, 6.45) is 0. The molecule has 0 unspecified atom stereocenters. The van der Waals surface area contributed by atoms with Gasteiger partial charge in [-0.25, -0.2) is 0 Å². The first-order valence-electron chi connectivity index (χ1n) is 1.73. The van der Waals surface area contributed by atoms with Crippen LogP contribution in [0, 0.1) is 0 Å². The molecule has 0 aromatic carbocycles. The predicted octanol–water partition coefficient (Wildman–Crippen LogP) is 0.454. The quantitative estimate of drug-likeness (QED) is 0.466. The molecule has 0 aliphatic heterocycles. The predicted molar refractivity (Wildman–Crippen MR) is 31.9 cm³/mol. The molecule has 0 spiro atoms. The summed E-state index contributed by atoms with van der Waals surface area (Å²) in [5.41, 5.74) is 0. The first kappa shape index (κ1) is 9.64. The van der Waals surface area contributed by atoms with Crippen molar-refractivity contribution in [2.75, 3.05) is 0 Å². The van der Waals surface area contributed by atoms with Gasteiger partial charge in [0.25, 0.3) is 0 Å². The molecule has 0 aliphatic rings. The fourth-order valence-electron chi connectivity index (χ4n) is 0. The van der Waals surface area contributed by atoms with Crippen molar-refractivity contribution in [2.45, 2.75) is 14.8 Å². The van der Waals surface area contributed by atoms with Crippen LogP contribution in [0.25, 0.3) is 0 Å². The second-order valence-corrected chi connectivity index (χ2v) is 11.6. The zero-order valence-corrected chi connectivity index (χ0v) is 6.87. The van der Waals surface area contributed by atoms with Crippen molar-refractivity contribution in [1.29, 1.82) is 0 Å². The third-order valence-electron chi connectivity index (χ3n) is 0. The summed E-state index contributed by atoms with van der Waals surface area (Å²) in [5, 5.41) is 0. The van der Waals surface area contributed by atoms with E-state index < -0.39 is 19.8 Å². The Labute approximate surface area is 53.2 Å². The summed E-state index contributed by atoms with van der Waals surface area (Å²) in [6, 6.07) is 0. The van der Waals surface area contributed by atoms with E-state index in [4.69, 9.17) is 0 Å². The van der Waals surface area contributed by atoms with E-state index in [2.05, 4.69) is 14.8 Å². The summed E-state index contributed by atoms with van der Waals surface area (Å²) in [6.45, 7) is 0. The van der Waals surface area contributed by atoms with Gasteiger partial charge >= 0.3 is 53.4 Å². The Kier molecular flexibility index (Phi) is 10.4. The molecule has 0 atom stereocenters. The molecule has 0 fully saturated rings. The summed E-state index contributed by atoms with van der Waals surface area (Å²) < 4.78 is 0. The average Bonchev–Trinajstić information content (AvgIpc) is 0.811. The van der Waals surface area contributed by atoms with Crippen molar-refractivity contribution in [1.82, 2.24) is 0 Å². The van der Waals surface area contributed by atoms with Crippen molar-refractivity contribution in [3.63, 3.8) is 0 Å². The standard InChI is InChI=1S/3CH3.Li.Sn.2H/h3*1H3;;;;. The molecule has 0 aliphatic carbocycles. The molecule has 0 bridgehead atoms. The van der Waals surface area contributed by atoms with Crippen LogP contribution in [0.15, 0.2) is 0 Å². The fraction of sp³-hybridized carbons (Fsp3) is 1.00. The molecule has 0 saturated heterocycles. The van der Waals surface area contributed by atoms with Gasteiger partial charge in [0.15, 0.2) is 0 Å². The van der Waals surface area contributed by atoms with Crippen molar-refractivity contribution in [2.24, 2.45) is 0 Å². The molecule has 0 nitrogen and oxygen atoms in total. The van der Waals surface area contributed by atoms with Crippen LogP contribution >= 0.6 is 0 Å². The van der Waals surface area contributed by atoms with Gasteiger partial charge in [0.1, 0.15) is 0 Å². The average molecular weight is 173 g/mol. The molecule has 0 amide bonds. The first-order chi connectivity index (χ1) is 1.73. The summed E-state index contributed by atoms with van der Waals surface area (Å²) in [7, 11) is 0. The van der Waals surface area contributed by atoms with Gasteiger partial charge in [-0.2, -0.15) is 0 Å². The molecule has 28 valence electrons. The van der Waals surface area contributed by atoms with Crippen LogP contribution in [0.4, 0.5) is 0 Å². The van der Waals surface area contributed by atoms with E-state index >= 15 is 0 Å². The topological polar surface area (TPSA) is 0 Å². The molecule has 0 aromatic rings. The summed E-state index contributed by atoms with van der Waals surface area (Å²) in [4.78, 5) is 7.13. The normalized spacial score (nSPS) is 7.20. The Morgan fingerprint density at radius 1 is 1.00 bits per heavy atom. The number of hydrogen-bond acceptors (Lipinski definition) is 0. The molecule has 0 radical (unpaired) electrons. The zero-order chi connectivity index (χ0) is 3.58. The monoisotopic (exact) mass is 174 g/mol. The van der Waals surface area contributed by atoms with Crippen LogP contribution < -0.4 is 0 Å². The van der Waals surface area contributed by atoms with Crippen LogP contribution in [0.1, 0.15) is 0 Å². The van der Waals surface area contributed by atoms with E-state index in [0.29, 0.717) is 0 Å². The Hall–Kier alpha value is 1.40. The van der Waals surface area contributed by atoms with Gasteiger partial charge in [0.2, 0.25) is 0 Å². The van der Waals surface area contributed by atoms with Crippen molar-refractivity contribution < 1.29 is 0 Å². The molecule has 5 heavy (non-hydrogen) atoms. The van der Waals surface area contributed by atoms with Crippen LogP contribution in [0.5, 0.6) is 0 Å². The molecular formula is C3H11LiSn. The van der Waals surface area contributed by atoms with E-state index in [0.717, 1.165) is 0 Å². The third-order valence-corrected chi connectivity index (χ3v) is 0. The molecular weight excluding hydrogens is 162 g/mol. The minimum absolute atomic E-state index is 0.